The molecule has 6 unspecified atom stereocenters. The third-order valence-electron chi connectivity index (χ3n) is 7.44. The topological polar surface area (TPSA) is 42.1 Å². The van der Waals surface area contributed by atoms with E-state index in [4.69, 9.17) is 5.73 Å². The molecule has 1 aromatic rings. The smallest absolute Gasteiger partial charge is 0.356 e. The van der Waals surface area contributed by atoms with E-state index >= 15 is 0 Å². The monoisotopic (exact) mass is 461 g/mol. The van der Waals surface area contributed by atoms with Crippen LogP contribution in [-0.4, -0.2) is 24.1 Å². The van der Waals surface area contributed by atoms with E-state index in [0.717, 1.165) is 37.8 Å². The fraction of sp³-hybridized carbons (Fsp3) is 0.593. The maximum Gasteiger partial charge on any atom is 0.418 e. The summed E-state index contributed by atoms with van der Waals surface area (Å²) >= 11 is 0. The van der Waals surface area contributed by atoms with Gasteiger partial charge in [-0.1, -0.05) is 51.5 Å². The Balaban J connectivity index is 1.99. The van der Waals surface area contributed by atoms with Crippen LogP contribution in [0, 0.1) is 23.7 Å². The molecule has 0 radical (unpaired) electrons. The SMILES string of the molecule is C=CC(N)C(=CC=CC)C(C)c1nc(N2CC(CCC)C(C3CC3C)C2)ccc1C(F)(F)F. The number of hydrogen-bond donors (Lipinski definition) is 1. The van der Waals surface area contributed by atoms with Gasteiger partial charge in [0.25, 0.3) is 0 Å². The van der Waals surface area contributed by atoms with Crippen LogP contribution in [0.2, 0.25) is 0 Å². The van der Waals surface area contributed by atoms with Gasteiger partial charge in [-0.15, -0.1) is 6.58 Å². The number of allylic oxidation sites excluding steroid dienone is 3. The fourth-order valence-electron chi connectivity index (χ4n) is 5.45. The van der Waals surface area contributed by atoms with Gasteiger partial charge in [-0.05, 0) is 61.1 Å². The van der Waals surface area contributed by atoms with Crippen LogP contribution in [0.1, 0.15) is 64.1 Å². The number of aromatic nitrogens is 1. The van der Waals surface area contributed by atoms with Crippen LogP contribution >= 0.6 is 0 Å². The molecule has 182 valence electrons. The molecule has 1 saturated carbocycles. The molecule has 33 heavy (non-hydrogen) atoms. The number of anilines is 1. The van der Waals surface area contributed by atoms with Crippen LogP contribution in [0.25, 0.3) is 0 Å². The Hall–Kier alpha value is -2.08. The number of pyridine rings is 1. The summed E-state index contributed by atoms with van der Waals surface area (Å²) < 4.78 is 41.9. The van der Waals surface area contributed by atoms with Crippen molar-refractivity contribution >= 4 is 5.82 Å². The Morgan fingerprint density at radius 1 is 1.30 bits per heavy atom. The summed E-state index contributed by atoms with van der Waals surface area (Å²) in [6.07, 6.45) is 6.01. The average Bonchev–Trinajstić information content (AvgIpc) is 3.35. The van der Waals surface area contributed by atoms with E-state index in [1.807, 2.05) is 13.0 Å². The fourth-order valence-corrected chi connectivity index (χ4v) is 5.45. The second kappa shape index (κ2) is 10.5. The van der Waals surface area contributed by atoms with E-state index in [-0.39, 0.29) is 5.69 Å². The molecule has 1 aromatic heterocycles. The number of nitrogens with zero attached hydrogens (tertiary/aromatic N) is 2. The van der Waals surface area contributed by atoms with Gasteiger partial charge in [0.2, 0.25) is 0 Å². The Morgan fingerprint density at radius 2 is 2.00 bits per heavy atom. The van der Waals surface area contributed by atoms with Gasteiger partial charge in [0.1, 0.15) is 5.82 Å². The van der Waals surface area contributed by atoms with Gasteiger partial charge in [-0.2, -0.15) is 13.2 Å². The molecule has 2 heterocycles. The largest absolute Gasteiger partial charge is 0.418 e. The zero-order valence-corrected chi connectivity index (χ0v) is 20.3. The molecule has 3 nitrogen and oxygen atoms in total. The molecule has 0 amide bonds. The molecule has 0 bridgehead atoms. The minimum absolute atomic E-state index is 0.0309. The standard InChI is InChI=1S/C27H38F3N3/c1-6-9-11-20(24(31)8-3)18(5)26-23(27(28,29)30)12-13-25(32-26)33-15-19(10-7-2)22(16-33)21-14-17(21)4/h6,8-9,11-13,17-19,21-22,24H,3,7,10,14-16,31H2,1-2,4-5H3. The first-order valence-corrected chi connectivity index (χ1v) is 12.2. The van der Waals surface area contributed by atoms with Crippen molar-refractivity contribution in [2.24, 2.45) is 29.4 Å². The number of rotatable bonds is 9. The maximum absolute atomic E-state index is 14.0. The van der Waals surface area contributed by atoms with Crippen LogP contribution in [0.4, 0.5) is 19.0 Å². The lowest BCUT2D eigenvalue weighted by molar-refractivity contribution is -0.138. The van der Waals surface area contributed by atoms with Gasteiger partial charge < -0.3 is 10.6 Å². The van der Waals surface area contributed by atoms with Gasteiger partial charge in [0, 0.05) is 25.0 Å². The highest BCUT2D eigenvalue weighted by atomic mass is 19.4. The van der Waals surface area contributed by atoms with Gasteiger partial charge >= 0.3 is 6.18 Å². The van der Waals surface area contributed by atoms with Crippen molar-refractivity contribution in [1.29, 1.82) is 0 Å². The summed E-state index contributed by atoms with van der Waals surface area (Å²) in [5, 5.41) is 0. The van der Waals surface area contributed by atoms with E-state index in [2.05, 4.69) is 30.3 Å². The normalized spacial score (nSPS) is 27.8. The van der Waals surface area contributed by atoms with E-state index in [0.29, 0.717) is 23.2 Å². The minimum Gasteiger partial charge on any atom is -0.356 e. The second-order valence-electron chi connectivity index (χ2n) is 9.77. The summed E-state index contributed by atoms with van der Waals surface area (Å²) in [5.74, 6) is 2.71. The first kappa shape index (κ1) is 25.5. The third-order valence-corrected chi connectivity index (χ3v) is 7.44. The van der Waals surface area contributed by atoms with Gasteiger partial charge in [-0.25, -0.2) is 4.98 Å². The average molecular weight is 462 g/mol. The second-order valence-corrected chi connectivity index (χ2v) is 9.77. The minimum atomic E-state index is -4.49. The molecule has 1 saturated heterocycles. The highest BCUT2D eigenvalue weighted by Gasteiger charge is 2.47. The lowest BCUT2D eigenvalue weighted by Gasteiger charge is -2.25. The molecule has 2 N–H and O–H groups in total. The van der Waals surface area contributed by atoms with Gasteiger partial charge in [0.15, 0.2) is 0 Å². The predicted octanol–water partition coefficient (Wildman–Crippen LogP) is 6.73. The van der Waals surface area contributed by atoms with Crippen LogP contribution < -0.4 is 10.6 Å². The quantitative estimate of drug-likeness (QED) is 0.328. The van der Waals surface area contributed by atoms with E-state index in [9.17, 15) is 13.2 Å². The molecular formula is C27H38F3N3. The summed E-state index contributed by atoms with van der Waals surface area (Å²) in [6.45, 7) is 13.6. The number of hydrogen-bond acceptors (Lipinski definition) is 3. The zero-order valence-electron chi connectivity index (χ0n) is 20.3. The van der Waals surface area contributed by atoms with Crippen LogP contribution in [0.3, 0.4) is 0 Å². The van der Waals surface area contributed by atoms with Crippen molar-refractivity contribution in [1.82, 2.24) is 4.98 Å². The van der Waals surface area contributed by atoms with E-state index in [1.54, 1.807) is 31.2 Å². The Kier molecular flexibility index (Phi) is 8.09. The van der Waals surface area contributed by atoms with Crippen LogP contribution in [-0.2, 0) is 6.18 Å². The zero-order chi connectivity index (χ0) is 24.3. The molecule has 2 fully saturated rings. The van der Waals surface area contributed by atoms with Crippen molar-refractivity contribution < 1.29 is 13.2 Å². The first-order valence-electron chi connectivity index (χ1n) is 12.2. The lowest BCUT2D eigenvalue weighted by Crippen LogP contribution is -2.26. The highest BCUT2D eigenvalue weighted by molar-refractivity contribution is 5.47. The van der Waals surface area contributed by atoms with Crippen molar-refractivity contribution in [2.75, 3.05) is 18.0 Å². The molecule has 6 heteroatoms. The molecular weight excluding hydrogens is 423 g/mol. The molecule has 0 spiro atoms. The van der Waals surface area contributed by atoms with Gasteiger partial charge in [-0.3, -0.25) is 0 Å². The molecule has 6 atom stereocenters. The van der Waals surface area contributed by atoms with Crippen molar-refractivity contribution in [3.8, 4) is 0 Å². The predicted molar refractivity (Wildman–Crippen MR) is 130 cm³/mol. The summed E-state index contributed by atoms with van der Waals surface area (Å²) in [6, 6.07) is 2.19. The summed E-state index contributed by atoms with van der Waals surface area (Å²) in [4.78, 5) is 6.85. The van der Waals surface area contributed by atoms with E-state index < -0.39 is 23.7 Å². The molecule has 3 rings (SSSR count). The van der Waals surface area contributed by atoms with Crippen molar-refractivity contribution in [3.63, 3.8) is 0 Å². The molecule has 0 aromatic carbocycles. The van der Waals surface area contributed by atoms with Crippen LogP contribution in [0.5, 0.6) is 0 Å². The summed E-state index contributed by atoms with van der Waals surface area (Å²) in [7, 11) is 0. The Bertz CT molecular complexity index is 889. The number of nitrogens with two attached hydrogens (primary N) is 1. The van der Waals surface area contributed by atoms with Crippen LogP contribution in [0.15, 0.2) is 48.6 Å². The molecule has 1 aliphatic carbocycles. The third kappa shape index (κ3) is 5.71. The molecule has 2 aliphatic rings. The first-order chi connectivity index (χ1) is 15.6. The summed E-state index contributed by atoms with van der Waals surface area (Å²) in [5.41, 5.74) is 6.19. The Morgan fingerprint density at radius 3 is 2.55 bits per heavy atom. The van der Waals surface area contributed by atoms with E-state index in [1.165, 1.54) is 12.5 Å². The lowest BCUT2D eigenvalue weighted by atomic mass is 9.87. The highest BCUT2D eigenvalue weighted by Crippen LogP contribution is 2.50. The van der Waals surface area contributed by atoms with Gasteiger partial charge in [0.05, 0.1) is 11.3 Å². The number of halogens is 3. The maximum atomic E-state index is 14.0. The Labute approximate surface area is 196 Å². The number of alkyl halides is 3. The van der Waals surface area contributed by atoms with Crippen molar-refractivity contribution in [3.05, 3.63) is 59.8 Å². The molecule has 1 aliphatic heterocycles. The van der Waals surface area contributed by atoms with Crippen molar-refractivity contribution in [2.45, 2.75) is 65.1 Å².